The summed E-state index contributed by atoms with van der Waals surface area (Å²) in [6.45, 7) is -2.26. The van der Waals surface area contributed by atoms with Crippen molar-refractivity contribution in [1.82, 2.24) is 15.2 Å². The van der Waals surface area contributed by atoms with Crippen molar-refractivity contribution >= 4 is 40.6 Å². The molecule has 0 spiro atoms. The lowest BCUT2D eigenvalue weighted by Crippen LogP contribution is -2.37. The summed E-state index contributed by atoms with van der Waals surface area (Å²) < 4.78 is 79.8. The second-order valence-corrected chi connectivity index (χ2v) is 8.13. The molecule has 1 heterocycles. The second-order valence-electron chi connectivity index (χ2n) is 7.10. The quantitative estimate of drug-likeness (QED) is 0.403. The predicted octanol–water partition coefficient (Wildman–Crippen LogP) is 1.19. The number of hydrogen-bond acceptors (Lipinski definition) is 7. The highest BCUT2D eigenvalue weighted by molar-refractivity contribution is 7.07. The lowest BCUT2D eigenvalue weighted by Gasteiger charge is -2.10. The Morgan fingerprint density at radius 3 is 2.38 bits per heavy atom. The van der Waals surface area contributed by atoms with Crippen molar-refractivity contribution in [2.45, 2.75) is 25.8 Å². The van der Waals surface area contributed by atoms with E-state index in [1.54, 1.807) is 17.6 Å². The van der Waals surface area contributed by atoms with Crippen molar-refractivity contribution in [3.8, 4) is 11.8 Å². The van der Waals surface area contributed by atoms with Crippen LogP contribution >= 0.6 is 11.3 Å². The van der Waals surface area contributed by atoms with Gasteiger partial charge in [0.15, 0.2) is 12.2 Å². The molecule has 0 aliphatic carbocycles. The largest absolute Gasteiger partial charge is 0.484 e. The molecule has 0 atom stereocenters. The molecule has 0 saturated heterocycles. The normalized spacial score (nSPS) is 13.0. The van der Waals surface area contributed by atoms with Crippen LogP contribution in [-0.4, -0.2) is 48.4 Å². The first-order chi connectivity index (χ1) is 17.2. The molecule has 0 aliphatic rings. The average molecular weight is 551 g/mol. The van der Waals surface area contributed by atoms with E-state index in [2.05, 4.69) is 5.32 Å². The molecule has 37 heavy (non-hydrogen) atoms. The Labute approximate surface area is 208 Å². The van der Waals surface area contributed by atoms with Gasteiger partial charge in [-0.15, -0.1) is 11.3 Å². The number of aromatic nitrogens is 1. The maximum atomic E-state index is 12.7. The van der Waals surface area contributed by atoms with Gasteiger partial charge in [0.05, 0.1) is 0 Å². The van der Waals surface area contributed by atoms with E-state index in [1.807, 2.05) is 0 Å². The van der Waals surface area contributed by atoms with Crippen molar-refractivity contribution in [2.24, 2.45) is 0 Å². The van der Waals surface area contributed by atoms with Gasteiger partial charge in [0.25, 0.3) is 17.4 Å². The van der Waals surface area contributed by atoms with Gasteiger partial charge in [-0.2, -0.15) is 31.6 Å². The Bertz CT molecular complexity index is 1360. The van der Waals surface area contributed by atoms with E-state index in [-0.39, 0.29) is 21.5 Å². The average Bonchev–Trinajstić information content (AvgIpc) is 3.13. The number of nitrogens with one attached hydrogen (secondary N) is 3. The van der Waals surface area contributed by atoms with Gasteiger partial charge in [-0.1, -0.05) is 6.07 Å². The Morgan fingerprint density at radius 2 is 1.78 bits per heavy atom. The first-order valence-corrected chi connectivity index (χ1v) is 11.1. The van der Waals surface area contributed by atoms with Gasteiger partial charge in [0.1, 0.15) is 34.1 Å². The van der Waals surface area contributed by atoms with Gasteiger partial charge in [-0.05, 0) is 19.1 Å². The van der Waals surface area contributed by atoms with Crippen LogP contribution in [0, 0.1) is 11.3 Å². The van der Waals surface area contributed by atoms with Crippen LogP contribution in [0.3, 0.4) is 0 Å². The van der Waals surface area contributed by atoms with Crippen molar-refractivity contribution < 1.29 is 40.7 Å². The predicted molar refractivity (Wildman–Crippen MR) is 121 cm³/mol. The summed E-state index contributed by atoms with van der Waals surface area (Å²) in [4.78, 5) is 36.3. The Balaban J connectivity index is 2.24. The van der Waals surface area contributed by atoms with E-state index in [0.29, 0.717) is 17.0 Å². The summed E-state index contributed by atoms with van der Waals surface area (Å²) in [5.41, 5.74) is -0.926. The molecule has 0 saturated carbocycles. The van der Waals surface area contributed by atoms with Crippen LogP contribution in [0.2, 0.25) is 0 Å². The minimum Gasteiger partial charge on any atom is -0.484 e. The highest BCUT2D eigenvalue weighted by Crippen LogP contribution is 2.17. The first kappa shape index (κ1) is 29.2. The smallest absolute Gasteiger partial charge is 0.405 e. The molecule has 0 fully saturated rings. The van der Waals surface area contributed by atoms with Gasteiger partial charge in [-0.3, -0.25) is 19.0 Å². The van der Waals surface area contributed by atoms with Crippen molar-refractivity contribution in [2.75, 3.05) is 25.0 Å². The lowest BCUT2D eigenvalue weighted by molar-refractivity contribution is -0.139. The molecule has 3 N–H and O–H groups in total. The van der Waals surface area contributed by atoms with Crippen LogP contribution in [0.25, 0.3) is 11.8 Å². The molecule has 1 aromatic carbocycles. The lowest BCUT2D eigenvalue weighted by atomic mass is 10.3. The number of alkyl halides is 6. The molecule has 1 aromatic heterocycles. The minimum atomic E-state index is -4.69. The maximum Gasteiger partial charge on any atom is 0.405 e. The highest BCUT2D eigenvalue weighted by atomic mass is 32.1. The van der Waals surface area contributed by atoms with Crippen LogP contribution in [0.5, 0.6) is 5.75 Å². The Morgan fingerprint density at radius 1 is 1.14 bits per heavy atom. The third-order valence-electron chi connectivity index (χ3n) is 4.29. The fourth-order valence-electron chi connectivity index (χ4n) is 2.68. The standard InChI is InChI=1S/C21H19F6N5O4S/c1-2-32-18(35)15(37-19(32)14(7-28)17(34)31-11-21(25,26)27)8-29-12-4-3-5-13(6-12)36-9-16(33)30-10-20(22,23)24/h3-6,8,29H,2,9-11H2,1H3,(H,30,33)(H,31,34)/b15-8+,19-14-. The topological polar surface area (TPSA) is 125 Å². The zero-order valence-corrected chi connectivity index (χ0v) is 19.7. The molecule has 2 amide bonds. The van der Waals surface area contributed by atoms with E-state index < -0.39 is 55.0 Å². The number of rotatable bonds is 9. The number of amides is 2. The number of anilines is 1. The third-order valence-corrected chi connectivity index (χ3v) is 5.42. The fourth-order valence-corrected chi connectivity index (χ4v) is 3.77. The van der Waals surface area contributed by atoms with Crippen LogP contribution in [0.4, 0.5) is 32.0 Å². The number of nitriles is 1. The number of benzene rings is 1. The molecular weight excluding hydrogens is 532 g/mol. The fraction of sp³-hybridized carbons (Fsp3) is 0.333. The monoisotopic (exact) mass is 551 g/mol. The van der Waals surface area contributed by atoms with Gasteiger partial charge >= 0.3 is 12.4 Å². The zero-order chi connectivity index (χ0) is 27.8. The molecule has 0 unspecified atom stereocenters. The van der Waals surface area contributed by atoms with Crippen molar-refractivity contribution in [1.29, 1.82) is 5.26 Å². The summed E-state index contributed by atoms with van der Waals surface area (Å²) in [5.74, 6) is -2.15. The summed E-state index contributed by atoms with van der Waals surface area (Å²) in [6.07, 6.45) is -8.02. The highest BCUT2D eigenvalue weighted by Gasteiger charge is 2.29. The Kier molecular flexibility index (Phi) is 9.72. The molecule has 16 heteroatoms. The van der Waals surface area contributed by atoms with Crippen LogP contribution in [0.15, 0.2) is 29.1 Å². The van der Waals surface area contributed by atoms with E-state index in [1.165, 1.54) is 36.5 Å². The number of carbonyl (C=O) groups is 2. The van der Waals surface area contributed by atoms with E-state index in [0.717, 1.165) is 4.57 Å². The molecule has 2 rings (SSSR count). The van der Waals surface area contributed by atoms with E-state index >= 15 is 0 Å². The number of carbonyl (C=O) groups excluding carboxylic acids is 2. The van der Waals surface area contributed by atoms with Gasteiger partial charge in [-0.25, -0.2) is 0 Å². The summed E-state index contributed by atoms with van der Waals surface area (Å²) in [7, 11) is 0. The molecular formula is C21H19F6N5O4S. The van der Waals surface area contributed by atoms with Crippen molar-refractivity contribution in [3.05, 3.63) is 43.8 Å². The van der Waals surface area contributed by atoms with Crippen molar-refractivity contribution in [3.63, 3.8) is 0 Å². The number of thiazole rings is 1. The number of hydrogen-bond donors (Lipinski definition) is 3. The number of nitrogens with zero attached hydrogens (tertiary/aromatic N) is 2. The number of ether oxygens (including phenoxy) is 1. The zero-order valence-electron chi connectivity index (χ0n) is 18.9. The molecule has 2 aromatic rings. The molecule has 0 radical (unpaired) electrons. The van der Waals surface area contributed by atoms with Crippen LogP contribution < -0.4 is 35.4 Å². The van der Waals surface area contributed by atoms with Crippen LogP contribution in [-0.2, 0) is 16.1 Å². The first-order valence-electron chi connectivity index (χ1n) is 10.3. The van der Waals surface area contributed by atoms with Gasteiger partial charge < -0.3 is 20.7 Å². The molecule has 9 nitrogen and oxygen atoms in total. The summed E-state index contributed by atoms with van der Waals surface area (Å²) in [6, 6.07) is 7.39. The molecule has 200 valence electrons. The van der Waals surface area contributed by atoms with Crippen LogP contribution in [0.1, 0.15) is 6.92 Å². The number of halogens is 6. The Hall–Kier alpha value is -4.00. The van der Waals surface area contributed by atoms with Gasteiger partial charge in [0.2, 0.25) is 0 Å². The van der Waals surface area contributed by atoms with E-state index in [4.69, 9.17) is 4.74 Å². The van der Waals surface area contributed by atoms with Gasteiger partial charge in [0, 0.05) is 24.5 Å². The summed E-state index contributed by atoms with van der Waals surface area (Å²) in [5, 5.41) is 15.4. The molecule has 0 aliphatic heterocycles. The summed E-state index contributed by atoms with van der Waals surface area (Å²) >= 11 is 0.705. The second kappa shape index (κ2) is 12.3. The minimum absolute atomic E-state index is 0.0195. The third kappa shape index (κ3) is 9.18. The van der Waals surface area contributed by atoms with E-state index in [9.17, 15) is 46.0 Å². The molecule has 0 bridgehead atoms. The maximum absolute atomic E-state index is 12.7. The SMILES string of the molecule is CCn1c(=O)/c(=C\Nc2cccc(OCC(=O)NCC(F)(F)F)c2)s/c1=C(/C#N)C(=O)NCC(F)(F)F.